The minimum Gasteiger partial charge on any atom is -0.458 e. The molecule has 0 aliphatic rings. The fourth-order valence-electron chi connectivity index (χ4n) is 1.11. The van der Waals surface area contributed by atoms with E-state index < -0.39 is 12.3 Å². The van der Waals surface area contributed by atoms with Crippen LogP contribution < -0.4 is 5.32 Å². The Bertz CT molecular complexity index is 161. The van der Waals surface area contributed by atoms with E-state index in [4.69, 9.17) is 4.74 Å². The summed E-state index contributed by atoms with van der Waals surface area (Å²) in [5, 5.41) is 12.1. The van der Waals surface area contributed by atoms with E-state index in [0.29, 0.717) is 12.8 Å². The predicted octanol–water partition coefficient (Wildman–Crippen LogP) is 1.04. The van der Waals surface area contributed by atoms with Gasteiger partial charge in [0.1, 0.15) is 12.3 Å². The molecule has 0 heterocycles. The number of hydrogen-bond acceptors (Lipinski definition) is 4. The number of aliphatic hydroxyl groups is 1. The van der Waals surface area contributed by atoms with Gasteiger partial charge in [-0.05, 0) is 19.9 Å². The molecule has 0 radical (unpaired) electrons. The number of nitrogens with one attached hydrogen (secondary N) is 1. The summed E-state index contributed by atoms with van der Waals surface area (Å²) in [6, 6.07) is 0. The van der Waals surface area contributed by atoms with Gasteiger partial charge in [-0.2, -0.15) is 0 Å². The van der Waals surface area contributed by atoms with Crippen LogP contribution in [0.3, 0.4) is 0 Å². The highest BCUT2D eigenvalue weighted by Crippen LogP contribution is 2.05. The Balaban J connectivity index is 3.85. The lowest BCUT2D eigenvalue weighted by Gasteiger charge is -2.21. The Morgan fingerprint density at radius 3 is 2.57 bits per heavy atom. The summed E-state index contributed by atoms with van der Waals surface area (Å²) in [6.45, 7) is 3.89. The second kappa shape index (κ2) is 7.76. The van der Waals surface area contributed by atoms with Crippen molar-refractivity contribution in [3.8, 4) is 0 Å². The molecule has 2 atom stereocenters. The van der Waals surface area contributed by atoms with Gasteiger partial charge in [-0.25, -0.2) is 0 Å². The summed E-state index contributed by atoms with van der Waals surface area (Å²) in [5.74, 6) is -0.229. The summed E-state index contributed by atoms with van der Waals surface area (Å²) >= 11 is 0. The second-order valence-corrected chi connectivity index (χ2v) is 3.27. The Kier molecular flexibility index (Phi) is 7.42. The fourth-order valence-corrected chi connectivity index (χ4v) is 1.11. The molecular formula is C10H21NO3. The first kappa shape index (κ1) is 13.4. The number of ether oxygens (including phenoxy) is 1. The molecule has 0 fully saturated rings. The van der Waals surface area contributed by atoms with Crippen LogP contribution in [-0.2, 0) is 9.53 Å². The molecule has 84 valence electrons. The molecule has 4 nitrogen and oxygen atoms in total. The zero-order valence-corrected chi connectivity index (χ0v) is 9.25. The van der Waals surface area contributed by atoms with E-state index in [1.54, 1.807) is 7.05 Å². The van der Waals surface area contributed by atoms with Crippen LogP contribution in [0.4, 0.5) is 0 Å². The van der Waals surface area contributed by atoms with Gasteiger partial charge in [-0.3, -0.25) is 10.1 Å². The van der Waals surface area contributed by atoms with Crippen molar-refractivity contribution < 1.29 is 14.6 Å². The summed E-state index contributed by atoms with van der Waals surface area (Å²) in [6.07, 6.45) is 1.64. The predicted molar refractivity (Wildman–Crippen MR) is 54.8 cm³/mol. The van der Waals surface area contributed by atoms with E-state index in [9.17, 15) is 9.90 Å². The van der Waals surface area contributed by atoms with Crippen LogP contribution in [0, 0.1) is 0 Å². The number of esters is 1. The lowest BCUT2D eigenvalue weighted by molar-refractivity contribution is -0.156. The van der Waals surface area contributed by atoms with E-state index in [0.717, 1.165) is 12.8 Å². The highest BCUT2D eigenvalue weighted by atomic mass is 16.6. The molecular weight excluding hydrogens is 182 g/mol. The maximum Gasteiger partial charge on any atom is 0.306 e. The molecule has 4 heteroatoms. The van der Waals surface area contributed by atoms with E-state index in [1.165, 1.54) is 0 Å². The van der Waals surface area contributed by atoms with Gasteiger partial charge in [-0.15, -0.1) is 0 Å². The first-order valence-corrected chi connectivity index (χ1v) is 5.20. The molecule has 0 aromatic carbocycles. The van der Waals surface area contributed by atoms with E-state index >= 15 is 0 Å². The molecule has 0 bridgehead atoms. The Labute approximate surface area is 85.6 Å². The molecule has 2 N–H and O–H groups in total. The minimum absolute atomic E-state index is 0.229. The number of likely N-dealkylation sites (N-methyl/N-ethyl adjacent to an activating group) is 1. The molecule has 0 aliphatic heterocycles. The molecule has 0 aromatic heterocycles. The number of carbonyl (C=O) groups is 1. The highest BCUT2D eigenvalue weighted by molar-refractivity contribution is 5.69. The molecule has 0 amide bonds. The van der Waals surface area contributed by atoms with Gasteiger partial charge in [0.15, 0.2) is 0 Å². The van der Waals surface area contributed by atoms with Crippen LogP contribution >= 0.6 is 0 Å². The smallest absolute Gasteiger partial charge is 0.306 e. The second-order valence-electron chi connectivity index (χ2n) is 3.27. The first-order valence-electron chi connectivity index (χ1n) is 5.20. The third-order valence-electron chi connectivity index (χ3n) is 2.07. The normalized spacial score (nSPS) is 14.9. The summed E-state index contributed by atoms with van der Waals surface area (Å²) in [7, 11) is 1.63. The molecule has 0 aliphatic carbocycles. The molecule has 0 saturated carbocycles. The van der Waals surface area contributed by atoms with Crippen LogP contribution in [0.25, 0.3) is 0 Å². The van der Waals surface area contributed by atoms with Crippen molar-refractivity contribution >= 4 is 5.97 Å². The number of aliphatic hydroxyl groups excluding tert-OH is 1. The number of rotatable bonds is 7. The Morgan fingerprint density at radius 2 is 2.14 bits per heavy atom. The van der Waals surface area contributed by atoms with Gasteiger partial charge in [-0.1, -0.05) is 20.3 Å². The Morgan fingerprint density at radius 1 is 1.50 bits per heavy atom. The van der Waals surface area contributed by atoms with E-state index in [-0.39, 0.29) is 5.97 Å². The third kappa shape index (κ3) is 5.19. The molecule has 2 unspecified atom stereocenters. The molecule has 0 saturated heterocycles. The third-order valence-corrected chi connectivity index (χ3v) is 2.07. The maximum atomic E-state index is 11.2. The van der Waals surface area contributed by atoms with Crippen LogP contribution in [-0.4, -0.2) is 30.5 Å². The van der Waals surface area contributed by atoms with Crippen LogP contribution in [0.5, 0.6) is 0 Å². The average Bonchev–Trinajstić information content (AvgIpc) is 2.21. The van der Waals surface area contributed by atoms with Crippen molar-refractivity contribution in [2.75, 3.05) is 7.05 Å². The van der Waals surface area contributed by atoms with Crippen molar-refractivity contribution in [2.24, 2.45) is 0 Å². The Hall–Kier alpha value is -0.610. The topological polar surface area (TPSA) is 58.6 Å². The standard InChI is InChI=1S/C10H21NO3/c1-4-6-7-9(12)14-8(5-2)10(13)11-3/h8,10-11,13H,4-7H2,1-3H3. The van der Waals surface area contributed by atoms with Crippen molar-refractivity contribution in [3.63, 3.8) is 0 Å². The van der Waals surface area contributed by atoms with Crippen LogP contribution in [0.15, 0.2) is 0 Å². The first-order chi connectivity index (χ1) is 6.65. The van der Waals surface area contributed by atoms with Crippen LogP contribution in [0.1, 0.15) is 39.5 Å². The number of hydrogen-bond donors (Lipinski definition) is 2. The van der Waals surface area contributed by atoms with Gasteiger partial charge in [0.05, 0.1) is 0 Å². The van der Waals surface area contributed by atoms with Gasteiger partial charge in [0, 0.05) is 6.42 Å². The molecule has 0 rings (SSSR count). The summed E-state index contributed by atoms with van der Waals surface area (Å²) < 4.78 is 5.10. The zero-order chi connectivity index (χ0) is 11.0. The van der Waals surface area contributed by atoms with Gasteiger partial charge in [0.2, 0.25) is 0 Å². The van der Waals surface area contributed by atoms with Gasteiger partial charge < -0.3 is 9.84 Å². The average molecular weight is 203 g/mol. The highest BCUT2D eigenvalue weighted by Gasteiger charge is 2.19. The van der Waals surface area contributed by atoms with Gasteiger partial charge >= 0.3 is 5.97 Å². The summed E-state index contributed by atoms with van der Waals surface area (Å²) in [4.78, 5) is 11.2. The van der Waals surface area contributed by atoms with E-state index in [2.05, 4.69) is 5.32 Å². The SMILES string of the molecule is CCCCC(=O)OC(CC)C(O)NC. The molecule has 0 aromatic rings. The summed E-state index contributed by atoms with van der Waals surface area (Å²) in [5.41, 5.74) is 0. The number of unbranched alkanes of at least 4 members (excludes halogenated alkanes) is 1. The van der Waals surface area contributed by atoms with Crippen molar-refractivity contribution in [1.29, 1.82) is 0 Å². The van der Waals surface area contributed by atoms with Crippen molar-refractivity contribution in [2.45, 2.75) is 51.9 Å². The molecule has 14 heavy (non-hydrogen) atoms. The number of carbonyl (C=O) groups excluding carboxylic acids is 1. The van der Waals surface area contributed by atoms with E-state index in [1.807, 2.05) is 13.8 Å². The van der Waals surface area contributed by atoms with Gasteiger partial charge in [0.25, 0.3) is 0 Å². The lowest BCUT2D eigenvalue weighted by atomic mass is 10.2. The van der Waals surface area contributed by atoms with Crippen molar-refractivity contribution in [3.05, 3.63) is 0 Å². The fraction of sp³-hybridized carbons (Fsp3) is 0.900. The molecule has 0 spiro atoms. The quantitative estimate of drug-likeness (QED) is 0.479. The largest absolute Gasteiger partial charge is 0.458 e. The monoisotopic (exact) mass is 203 g/mol. The maximum absolute atomic E-state index is 11.2. The minimum atomic E-state index is -0.773. The zero-order valence-electron chi connectivity index (χ0n) is 9.25. The van der Waals surface area contributed by atoms with Crippen molar-refractivity contribution in [1.82, 2.24) is 5.32 Å². The van der Waals surface area contributed by atoms with Crippen LogP contribution in [0.2, 0.25) is 0 Å². The lowest BCUT2D eigenvalue weighted by Crippen LogP contribution is -2.39.